The number of morpholine rings is 1. The topological polar surface area (TPSA) is 48.4 Å². The molecule has 0 bridgehead atoms. The monoisotopic (exact) mass is 524 g/mol. The van der Waals surface area contributed by atoms with Crippen LogP contribution in [0.3, 0.4) is 0 Å². The maximum absolute atomic E-state index is 13.1. The molecule has 8 heteroatoms. The molecule has 2 aromatic rings. The summed E-state index contributed by atoms with van der Waals surface area (Å²) in [6.45, 7) is 10.1. The molecule has 2 aromatic carbocycles. The van der Waals surface area contributed by atoms with Gasteiger partial charge in [0.15, 0.2) is 5.17 Å². The van der Waals surface area contributed by atoms with Crippen molar-refractivity contribution in [3.63, 3.8) is 0 Å². The predicted octanol–water partition coefficient (Wildman–Crippen LogP) is 6.13. The number of thioether (sulfide) groups is 1. The highest BCUT2D eigenvalue weighted by Gasteiger charge is 2.35. The van der Waals surface area contributed by atoms with E-state index in [0.717, 1.165) is 55.3 Å². The second kappa shape index (κ2) is 9.77. The maximum atomic E-state index is 13.1. The van der Waals surface area contributed by atoms with Crippen molar-refractivity contribution in [2.24, 2.45) is 4.99 Å². The van der Waals surface area contributed by atoms with Crippen LogP contribution in [0, 0.1) is 0 Å². The first-order chi connectivity index (χ1) is 17.1. The smallest absolute Gasteiger partial charge is 0.266 e. The first-order valence-electron chi connectivity index (χ1n) is 12.4. The minimum atomic E-state index is -0.0659. The van der Waals surface area contributed by atoms with Gasteiger partial charge in [-0.15, -0.1) is 0 Å². The van der Waals surface area contributed by atoms with Crippen LogP contribution < -0.4 is 9.80 Å². The van der Waals surface area contributed by atoms with E-state index < -0.39 is 0 Å². The zero-order valence-corrected chi connectivity index (χ0v) is 23.1. The quantitative estimate of drug-likeness (QED) is 0.452. The van der Waals surface area contributed by atoms with Gasteiger partial charge in [-0.2, -0.15) is 0 Å². The summed E-state index contributed by atoms with van der Waals surface area (Å²) in [4.78, 5) is 24.7. The van der Waals surface area contributed by atoms with Gasteiger partial charge >= 0.3 is 0 Å². The number of carbonyl (C=O) groups is 1. The van der Waals surface area contributed by atoms with Crippen LogP contribution in [-0.2, 0) is 9.53 Å². The predicted molar refractivity (Wildman–Crippen MR) is 152 cm³/mol. The van der Waals surface area contributed by atoms with Crippen LogP contribution in [0.1, 0.15) is 44.2 Å². The van der Waals surface area contributed by atoms with Crippen LogP contribution in [0.15, 0.2) is 46.3 Å². The molecule has 6 nitrogen and oxygen atoms in total. The van der Waals surface area contributed by atoms with E-state index in [2.05, 4.69) is 55.8 Å². The summed E-state index contributed by atoms with van der Waals surface area (Å²) in [6, 6.07) is 12.3. The first kappa shape index (κ1) is 25.2. The molecule has 5 rings (SSSR count). The van der Waals surface area contributed by atoms with E-state index in [4.69, 9.17) is 21.3 Å². The Bertz CT molecular complexity index is 1230. The highest BCUT2D eigenvalue weighted by Crippen LogP contribution is 2.45. The molecular weight excluding hydrogens is 492 g/mol. The van der Waals surface area contributed by atoms with Crippen LogP contribution in [0.4, 0.5) is 17.1 Å². The number of benzene rings is 2. The third-order valence-electron chi connectivity index (χ3n) is 7.49. The SMILES string of the molecule is CC1CC(C)(C)N(C)c2cc(Cl)c(/C=C3\SC(=Nc4ccc(N5CCOCC5)cc4)N(C)C3=O)cc21. The lowest BCUT2D eigenvalue weighted by Gasteiger charge is -2.45. The molecule has 0 aliphatic carbocycles. The molecule has 1 atom stereocenters. The summed E-state index contributed by atoms with van der Waals surface area (Å²) in [5, 5.41) is 1.31. The average molecular weight is 525 g/mol. The second-order valence-electron chi connectivity index (χ2n) is 10.4. The van der Waals surface area contributed by atoms with Gasteiger partial charge in [0.05, 0.1) is 23.8 Å². The van der Waals surface area contributed by atoms with E-state index in [9.17, 15) is 4.79 Å². The number of carbonyl (C=O) groups excluding carboxylic acids is 1. The van der Waals surface area contributed by atoms with Crippen molar-refractivity contribution >= 4 is 57.6 Å². The van der Waals surface area contributed by atoms with Gasteiger partial charge in [-0.3, -0.25) is 9.69 Å². The largest absolute Gasteiger partial charge is 0.378 e. The van der Waals surface area contributed by atoms with Gasteiger partial charge in [0.1, 0.15) is 0 Å². The zero-order chi connectivity index (χ0) is 25.6. The van der Waals surface area contributed by atoms with Gasteiger partial charge < -0.3 is 14.5 Å². The fraction of sp³-hybridized carbons (Fsp3) is 0.429. The molecule has 0 spiro atoms. The highest BCUT2D eigenvalue weighted by atomic mass is 35.5. The number of halogens is 1. The molecule has 0 aromatic heterocycles. The Morgan fingerprint density at radius 2 is 1.83 bits per heavy atom. The van der Waals surface area contributed by atoms with Crippen molar-refractivity contribution in [2.45, 2.75) is 38.6 Å². The summed E-state index contributed by atoms with van der Waals surface area (Å²) in [5.41, 5.74) is 5.36. The lowest BCUT2D eigenvalue weighted by atomic mass is 9.80. The molecule has 0 radical (unpaired) electrons. The summed E-state index contributed by atoms with van der Waals surface area (Å²) in [7, 11) is 3.89. The Labute approximate surface area is 222 Å². The van der Waals surface area contributed by atoms with Gasteiger partial charge in [-0.05, 0) is 91.5 Å². The molecule has 0 N–H and O–H groups in total. The number of nitrogens with zero attached hydrogens (tertiary/aromatic N) is 4. The highest BCUT2D eigenvalue weighted by molar-refractivity contribution is 8.18. The molecule has 3 aliphatic rings. The van der Waals surface area contributed by atoms with E-state index in [-0.39, 0.29) is 11.4 Å². The number of rotatable bonds is 3. The third-order valence-corrected chi connectivity index (χ3v) is 8.88. The normalized spacial score (nSPS) is 24.1. The lowest BCUT2D eigenvalue weighted by molar-refractivity contribution is -0.121. The number of hydrogen-bond donors (Lipinski definition) is 0. The molecule has 1 amide bonds. The Morgan fingerprint density at radius 1 is 1.14 bits per heavy atom. The van der Waals surface area contributed by atoms with Crippen LogP contribution in [-0.4, -0.2) is 61.9 Å². The number of aliphatic imine (C=N–C) groups is 1. The third kappa shape index (κ3) is 4.76. The van der Waals surface area contributed by atoms with E-state index in [1.807, 2.05) is 24.3 Å². The van der Waals surface area contributed by atoms with Gasteiger partial charge in [-0.1, -0.05) is 18.5 Å². The molecule has 36 heavy (non-hydrogen) atoms. The Hall–Kier alpha value is -2.48. The molecular formula is C28H33ClN4O2S. The fourth-order valence-corrected chi connectivity index (χ4v) is 6.37. The minimum absolute atomic E-state index is 0.0659. The molecule has 0 saturated carbocycles. The first-order valence-corrected chi connectivity index (χ1v) is 13.6. The van der Waals surface area contributed by atoms with Crippen LogP contribution in [0.5, 0.6) is 0 Å². The molecule has 2 saturated heterocycles. The summed E-state index contributed by atoms with van der Waals surface area (Å²) in [6.07, 6.45) is 2.97. The average Bonchev–Trinajstić information content (AvgIpc) is 3.12. The standard InChI is InChI=1S/C28H33ClN4O2S/c1-18-17-28(2,3)32(5)24-16-23(29)19(14-22(18)24)15-25-26(34)31(4)27(36-25)30-20-6-8-21(9-7-20)33-10-12-35-13-11-33/h6-9,14-16,18H,10-13,17H2,1-5H3/b25-15-,30-27?. The van der Waals surface area contributed by atoms with Crippen molar-refractivity contribution in [3.05, 3.63) is 57.5 Å². The number of ether oxygens (including phenoxy) is 1. The van der Waals surface area contributed by atoms with E-state index >= 15 is 0 Å². The molecule has 3 aliphatic heterocycles. The lowest BCUT2D eigenvalue weighted by Crippen LogP contribution is -2.45. The van der Waals surface area contributed by atoms with Crippen molar-refractivity contribution in [2.75, 3.05) is 50.2 Å². The van der Waals surface area contributed by atoms with E-state index in [0.29, 0.717) is 21.0 Å². The van der Waals surface area contributed by atoms with Crippen LogP contribution >= 0.6 is 23.4 Å². The number of hydrogen-bond acceptors (Lipinski definition) is 6. The molecule has 190 valence electrons. The fourth-order valence-electron chi connectivity index (χ4n) is 5.18. The van der Waals surface area contributed by atoms with Gasteiger partial charge in [0.2, 0.25) is 0 Å². The van der Waals surface area contributed by atoms with Gasteiger partial charge in [0, 0.05) is 49.1 Å². The summed E-state index contributed by atoms with van der Waals surface area (Å²) >= 11 is 8.11. The number of fused-ring (bicyclic) bond motifs is 1. The number of amides is 1. The van der Waals surface area contributed by atoms with Crippen LogP contribution in [0.25, 0.3) is 6.08 Å². The number of anilines is 2. The Morgan fingerprint density at radius 3 is 2.53 bits per heavy atom. The van der Waals surface area contributed by atoms with Gasteiger partial charge in [-0.25, -0.2) is 4.99 Å². The molecule has 3 heterocycles. The molecule has 1 unspecified atom stereocenters. The number of likely N-dealkylation sites (N-methyl/N-ethyl adjacent to an activating group) is 1. The second-order valence-corrected chi connectivity index (χ2v) is 11.8. The maximum Gasteiger partial charge on any atom is 0.266 e. The van der Waals surface area contributed by atoms with Crippen molar-refractivity contribution in [1.29, 1.82) is 0 Å². The number of amidine groups is 1. The van der Waals surface area contributed by atoms with E-state index in [1.54, 1.807) is 11.9 Å². The summed E-state index contributed by atoms with van der Waals surface area (Å²) < 4.78 is 5.44. The Kier molecular flexibility index (Phi) is 6.83. The van der Waals surface area contributed by atoms with Crippen molar-refractivity contribution in [1.82, 2.24) is 4.90 Å². The molecule has 2 fully saturated rings. The van der Waals surface area contributed by atoms with E-state index in [1.165, 1.54) is 17.3 Å². The summed E-state index contributed by atoms with van der Waals surface area (Å²) in [5.74, 6) is 0.344. The van der Waals surface area contributed by atoms with Gasteiger partial charge in [0.25, 0.3) is 5.91 Å². The minimum Gasteiger partial charge on any atom is -0.378 e. The Balaban J connectivity index is 1.39. The van der Waals surface area contributed by atoms with Crippen LogP contribution in [0.2, 0.25) is 5.02 Å². The van der Waals surface area contributed by atoms with Crippen molar-refractivity contribution < 1.29 is 9.53 Å². The zero-order valence-electron chi connectivity index (χ0n) is 21.5. The van der Waals surface area contributed by atoms with Crippen molar-refractivity contribution in [3.8, 4) is 0 Å².